The molecule has 0 unspecified atom stereocenters. The molecular formula is C26H30Cl2FN6OP. The largest absolute Gasteiger partial charge is 0.486 e. The highest BCUT2D eigenvalue weighted by atomic mass is 35.5. The van der Waals surface area contributed by atoms with Gasteiger partial charge in [-0.1, -0.05) is 31.1 Å². The molecule has 4 rings (SSSR count). The minimum absolute atomic E-state index is 0.0443. The van der Waals surface area contributed by atoms with Gasteiger partial charge in [0.25, 0.3) is 0 Å². The molecule has 1 saturated heterocycles. The molecule has 37 heavy (non-hydrogen) atoms. The highest BCUT2D eigenvalue weighted by molar-refractivity contribution is 7.55. The summed E-state index contributed by atoms with van der Waals surface area (Å²) in [6, 6.07) is 6.32. The summed E-state index contributed by atoms with van der Waals surface area (Å²) < 4.78 is 21.1. The molecule has 1 atom stereocenters. The van der Waals surface area contributed by atoms with Crippen molar-refractivity contribution in [2.24, 2.45) is 0 Å². The number of aromatic nitrogens is 2. The van der Waals surface area contributed by atoms with Gasteiger partial charge in [0, 0.05) is 60.3 Å². The van der Waals surface area contributed by atoms with E-state index >= 15 is 4.39 Å². The zero-order chi connectivity index (χ0) is 26.9. The van der Waals surface area contributed by atoms with Crippen LogP contribution in [0.5, 0.6) is 5.75 Å². The molecule has 0 spiro atoms. The van der Waals surface area contributed by atoms with Crippen molar-refractivity contribution in [3.63, 3.8) is 0 Å². The number of nitrogen functional groups attached to an aromatic ring is 1. The maximum absolute atomic E-state index is 15.1. The first-order valence-corrected chi connectivity index (χ1v) is 14.9. The van der Waals surface area contributed by atoms with E-state index < -0.39 is 11.9 Å². The molecule has 1 aliphatic rings. The Balaban J connectivity index is 1.49. The molecule has 1 aromatic carbocycles. The van der Waals surface area contributed by atoms with Crippen LogP contribution >= 0.6 is 31.1 Å². The number of rotatable bonds is 9. The molecule has 3 aromatic rings. The van der Waals surface area contributed by atoms with Crippen LogP contribution in [0.4, 0.5) is 15.9 Å². The predicted octanol–water partition coefficient (Wildman–Crippen LogP) is 5.93. The fraction of sp³-hybridized carbons (Fsp3) is 0.346. The van der Waals surface area contributed by atoms with E-state index in [1.807, 2.05) is 11.8 Å². The number of hydrogen-bond donors (Lipinski definition) is 3. The van der Waals surface area contributed by atoms with Crippen molar-refractivity contribution < 1.29 is 9.13 Å². The Labute approximate surface area is 227 Å². The lowest BCUT2D eigenvalue weighted by molar-refractivity contribution is 0.227. The third kappa shape index (κ3) is 6.15. The highest BCUT2D eigenvalue weighted by Gasteiger charge is 2.40. The van der Waals surface area contributed by atoms with Gasteiger partial charge < -0.3 is 20.7 Å². The van der Waals surface area contributed by atoms with Gasteiger partial charge in [0.2, 0.25) is 0 Å². The summed E-state index contributed by atoms with van der Waals surface area (Å²) in [7, 11) is -0.0469. The van der Waals surface area contributed by atoms with E-state index in [-0.39, 0.29) is 25.0 Å². The van der Waals surface area contributed by atoms with Crippen LogP contribution in [0, 0.1) is 11.2 Å². The van der Waals surface area contributed by atoms with Crippen molar-refractivity contribution in [3.05, 3.63) is 75.4 Å². The van der Waals surface area contributed by atoms with Gasteiger partial charge in [-0.15, -0.1) is 0 Å². The lowest BCUT2D eigenvalue weighted by atomic mass is 9.92. The molecule has 0 amide bonds. The minimum atomic E-state index is -0.481. The van der Waals surface area contributed by atoms with Crippen LogP contribution in [0.15, 0.2) is 42.9 Å². The summed E-state index contributed by atoms with van der Waals surface area (Å²) in [4.78, 5) is 10.2. The van der Waals surface area contributed by atoms with Crippen LogP contribution in [0.3, 0.4) is 0 Å². The number of pyridine rings is 2. The number of benzene rings is 1. The summed E-state index contributed by atoms with van der Waals surface area (Å²) in [5, 5.41) is 13.1. The normalized spacial score (nSPS) is 15.4. The number of hydrogen-bond acceptors (Lipinski definition) is 7. The Morgan fingerprint density at radius 2 is 1.92 bits per heavy atom. The number of ether oxygens (including phenoxy) is 1. The third-order valence-electron chi connectivity index (χ3n) is 6.22. The summed E-state index contributed by atoms with van der Waals surface area (Å²) in [5.41, 5.74) is 7.86. The van der Waals surface area contributed by atoms with Gasteiger partial charge in [0.05, 0.1) is 21.3 Å². The number of nitrogens with two attached hydrogens (primary N) is 1. The molecule has 4 N–H and O–H groups in total. The van der Waals surface area contributed by atoms with Gasteiger partial charge in [-0.3, -0.25) is 10.4 Å². The lowest BCUT2D eigenvalue weighted by Crippen LogP contribution is -2.68. The Kier molecular flexibility index (Phi) is 8.24. The first kappa shape index (κ1) is 27.5. The number of anilines is 2. The van der Waals surface area contributed by atoms with Crippen molar-refractivity contribution in [2.45, 2.75) is 25.5 Å². The molecule has 0 aliphatic carbocycles. The van der Waals surface area contributed by atoms with Crippen LogP contribution in [-0.4, -0.2) is 53.9 Å². The second-order valence-electron chi connectivity index (χ2n) is 9.76. The van der Waals surface area contributed by atoms with E-state index in [0.29, 0.717) is 51.3 Å². The van der Waals surface area contributed by atoms with Crippen molar-refractivity contribution in [3.8, 4) is 5.75 Å². The van der Waals surface area contributed by atoms with E-state index in [1.54, 1.807) is 18.2 Å². The van der Waals surface area contributed by atoms with E-state index in [1.165, 1.54) is 24.7 Å². The molecule has 196 valence electrons. The first-order chi connectivity index (χ1) is 17.5. The maximum Gasteiger partial charge on any atom is 0.166 e. The molecule has 7 nitrogen and oxygen atoms in total. The number of halogens is 3. The van der Waals surface area contributed by atoms with E-state index in [2.05, 4.69) is 35.5 Å². The van der Waals surface area contributed by atoms with Gasteiger partial charge in [-0.25, -0.2) is 9.37 Å². The van der Waals surface area contributed by atoms with Crippen molar-refractivity contribution in [1.29, 1.82) is 5.41 Å². The lowest BCUT2D eigenvalue weighted by Gasteiger charge is -2.49. The average Bonchev–Trinajstić information content (AvgIpc) is 2.82. The topological polar surface area (TPSA) is 100 Å². The molecular weight excluding hydrogens is 533 g/mol. The Morgan fingerprint density at radius 1 is 1.24 bits per heavy atom. The van der Waals surface area contributed by atoms with Gasteiger partial charge in [0.1, 0.15) is 11.9 Å². The summed E-state index contributed by atoms with van der Waals surface area (Å²) in [6.45, 7) is 9.74. The van der Waals surface area contributed by atoms with Crippen molar-refractivity contribution >= 4 is 48.3 Å². The zero-order valence-electron chi connectivity index (χ0n) is 21.1. The average molecular weight is 563 g/mol. The van der Waals surface area contributed by atoms with Crippen LogP contribution in [0.2, 0.25) is 10.0 Å². The Hall–Kier alpha value is -2.51. The fourth-order valence-corrected chi connectivity index (χ4v) is 5.63. The second kappa shape index (κ2) is 11.1. The fourth-order valence-electron chi connectivity index (χ4n) is 4.26. The predicted molar refractivity (Wildman–Crippen MR) is 152 cm³/mol. The zero-order valence-corrected chi connectivity index (χ0v) is 23.6. The standard InChI is InChI=1S/C26H30Cl2FN6OP/c1-15(23-19(27)10-32-11-20(23)28)36-17-5-6-22(30)18(8-17)24(31)16-7-21(29)25(33-9-16)35-12-26(2,13-35)34-14-37(3)4/h5-11,15,31,34H,12-14,30H2,1-4H3/t15-/m1/s1. The quantitative estimate of drug-likeness (QED) is 0.170. The Morgan fingerprint density at radius 3 is 2.54 bits per heavy atom. The first-order valence-electron chi connectivity index (χ1n) is 11.7. The smallest absolute Gasteiger partial charge is 0.166 e. The van der Waals surface area contributed by atoms with Crippen LogP contribution in [0.1, 0.15) is 36.6 Å². The monoisotopic (exact) mass is 562 g/mol. The highest BCUT2D eigenvalue weighted by Crippen LogP contribution is 2.34. The van der Waals surface area contributed by atoms with Crippen LogP contribution < -0.4 is 20.7 Å². The number of nitrogens with one attached hydrogen (secondary N) is 2. The molecule has 2 aromatic heterocycles. The van der Waals surface area contributed by atoms with Crippen molar-refractivity contribution in [2.75, 3.05) is 43.3 Å². The van der Waals surface area contributed by atoms with Gasteiger partial charge in [-0.05, 0) is 51.4 Å². The minimum Gasteiger partial charge on any atom is -0.486 e. The molecule has 1 fully saturated rings. The SMILES string of the molecule is C[C@@H](Oc1ccc(N)c(C(=N)c2cnc(N3CC(C)(NCP(C)C)C3)c(F)c2)c1)c1c(Cl)cncc1Cl. The van der Waals surface area contributed by atoms with Crippen LogP contribution in [0.25, 0.3) is 0 Å². The summed E-state index contributed by atoms with van der Waals surface area (Å²) in [5.74, 6) is 0.279. The maximum atomic E-state index is 15.1. The molecule has 0 saturated carbocycles. The Bertz CT molecular complexity index is 1300. The van der Waals surface area contributed by atoms with E-state index in [0.717, 1.165) is 6.29 Å². The molecule has 0 radical (unpaired) electrons. The second-order valence-corrected chi connectivity index (χ2v) is 13.1. The summed E-state index contributed by atoms with van der Waals surface area (Å²) in [6.07, 6.45) is 5.00. The van der Waals surface area contributed by atoms with E-state index in [9.17, 15) is 0 Å². The number of nitrogens with zero attached hydrogens (tertiary/aromatic N) is 3. The molecule has 0 bridgehead atoms. The third-order valence-corrected chi connectivity index (χ3v) is 7.61. The van der Waals surface area contributed by atoms with E-state index in [4.69, 9.17) is 39.1 Å². The molecule has 3 heterocycles. The van der Waals surface area contributed by atoms with Gasteiger partial charge in [0.15, 0.2) is 11.6 Å². The van der Waals surface area contributed by atoms with Gasteiger partial charge in [-0.2, -0.15) is 0 Å². The molecule has 11 heteroatoms. The summed E-state index contributed by atoms with van der Waals surface area (Å²) >= 11 is 12.5. The van der Waals surface area contributed by atoms with Crippen LogP contribution in [-0.2, 0) is 0 Å². The molecule has 1 aliphatic heterocycles. The van der Waals surface area contributed by atoms with Crippen molar-refractivity contribution in [1.82, 2.24) is 15.3 Å². The van der Waals surface area contributed by atoms with Gasteiger partial charge >= 0.3 is 0 Å².